The predicted molar refractivity (Wildman–Crippen MR) is 102 cm³/mol. The second-order valence-electron chi connectivity index (χ2n) is 6.34. The minimum absolute atomic E-state index is 0. The van der Waals surface area contributed by atoms with Crippen LogP contribution in [0.1, 0.15) is 48.5 Å². The minimum atomic E-state index is -3.58. The second-order valence-corrected chi connectivity index (χ2v) is 8.11. The van der Waals surface area contributed by atoms with Crippen LogP contribution in [0.15, 0.2) is 23.1 Å². The standard InChI is InChI=1S/C17H27N3O3S.ClH/c1-3-19-24(22,23)14-9-8-12(2)15(10-14)17(21)20-16-7-5-4-6-13(16)11-18;/h8-10,13,16,19H,3-7,11,18H2,1-2H3,(H,20,21);1H. The number of halogens is 1. The van der Waals surface area contributed by atoms with Gasteiger partial charge >= 0.3 is 0 Å². The molecule has 6 nitrogen and oxygen atoms in total. The minimum Gasteiger partial charge on any atom is -0.349 e. The van der Waals surface area contributed by atoms with Crippen molar-refractivity contribution in [1.29, 1.82) is 0 Å². The molecule has 2 unspecified atom stereocenters. The van der Waals surface area contributed by atoms with Crippen LogP contribution in [0.5, 0.6) is 0 Å². The summed E-state index contributed by atoms with van der Waals surface area (Å²) < 4.78 is 26.7. The van der Waals surface area contributed by atoms with E-state index in [0.29, 0.717) is 18.7 Å². The fourth-order valence-corrected chi connectivity index (χ4v) is 4.28. The Hall–Kier alpha value is -1.15. The van der Waals surface area contributed by atoms with E-state index in [-0.39, 0.29) is 35.2 Å². The molecule has 1 aliphatic carbocycles. The summed E-state index contributed by atoms with van der Waals surface area (Å²) in [4.78, 5) is 12.8. The molecule has 1 aromatic carbocycles. The Morgan fingerprint density at radius 1 is 1.28 bits per heavy atom. The number of rotatable bonds is 6. The molecule has 0 radical (unpaired) electrons. The van der Waals surface area contributed by atoms with Crippen molar-refractivity contribution in [3.8, 4) is 0 Å². The van der Waals surface area contributed by atoms with Crippen LogP contribution in [0, 0.1) is 12.8 Å². The summed E-state index contributed by atoms with van der Waals surface area (Å²) in [5.74, 6) is 0.0584. The molecule has 2 atom stereocenters. The fraction of sp³-hybridized carbons (Fsp3) is 0.588. The van der Waals surface area contributed by atoms with Crippen molar-refractivity contribution in [2.24, 2.45) is 11.7 Å². The van der Waals surface area contributed by atoms with Crippen molar-refractivity contribution in [1.82, 2.24) is 10.0 Å². The van der Waals surface area contributed by atoms with Crippen molar-refractivity contribution in [2.45, 2.75) is 50.5 Å². The molecule has 1 amide bonds. The van der Waals surface area contributed by atoms with Crippen LogP contribution < -0.4 is 15.8 Å². The molecular weight excluding hydrogens is 362 g/mol. The topological polar surface area (TPSA) is 101 Å². The summed E-state index contributed by atoms with van der Waals surface area (Å²) in [6, 6.07) is 4.70. The van der Waals surface area contributed by atoms with E-state index < -0.39 is 10.0 Å². The number of nitrogens with two attached hydrogens (primary N) is 1. The summed E-state index contributed by atoms with van der Waals surface area (Å²) in [5, 5.41) is 3.05. The molecule has 0 aromatic heterocycles. The normalized spacial score (nSPS) is 20.6. The third-order valence-electron chi connectivity index (χ3n) is 4.63. The molecule has 0 spiro atoms. The first-order chi connectivity index (χ1) is 11.4. The number of carbonyl (C=O) groups excluding carboxylic acids is 1. The van der Waals surface area contributed by atoms with Crippen molar-refractivity contribution in [3.05, 3.63) is 29.3 Å². The van der Waals surface area contributed by atoms with Crippen LogP contribution in [0.3, 0.4) is 0 Å². The molecule has 0 heterocycles. The van der Waals surface area contributed by atoms with Gasteiger partial charge < -0.3 is 11.1 Å². The molecule has 4 N–H and O–H groups in total. The van der Waals surface area contributed by atoms with Crippen molar-refractivity contribution in [3.63, 3.8) is 0 Å². The van der Waals surface area contributed by atoms with Crippen LogP contribution in [0.4, 0.5) is 0 Å². The number of benzene rings is 1. The molecule has 0 bridgehead atoms. The summed E-state index contributed by atoms with van der Waals surface area (Å²) in [5.41, 5.74) is 6.96. The summed E-state index contributed by atoms with van der Waals surface area (Å²) in [6.07, 6.45) is 4.16. The second kappa shape index (κ2) is 9.52. The number of hydrogen-bond acceptors (Lipinski definition) is 4. The van der Waals surface area contributed by atoms with Crippen LogP contribution in [0.25, 0.3) is 0 Å². The van der Waals surface area contributed by atoms with Gasteiger partial charge in [0.25, 0.3) is 5.91 Å². The van der Waals surface area contributed by atoms with Gasteiger partial charge in [0.05, 0.1) is 4.90 Å². The van der Waals surface area contributed by atoms with E-state index in [2.05, 4.69) is 10.0 Å². The van der Waals surface area contributed by atoms with Gasteiger partial charge in [0.2, 0.25) is 10.0 Å². The van der Waals surface area contributed by atoms with Gasteiger partial charge in [-0.3, -0.25) is 4.79 Å². The largest absolute Gasteiger partial charge is 0.349 e. The third-order valence-corrected chi connectivity index (χ3v) is 6.17. The van der Waals surface area contributed by atoms with Crippen LogP contribution in [0.2, 0.25) is 0 Å². The Bertz CT molecular complexity index is 694. The molecular formula is C17H28ClN3O3S. The zero-order valence-electron chi connectivity index (χ0n) is 14.7. The Morgan fingerprint density at radius 3 is 2.60 bits per heavy atom. The molecule has 1 aliphatic rings. The highest BCUT2D eigenvalue weighted by atomic mass is 35.5. The third kappa shape index (κ3) is 5.41. The highest BCUT2D eigenvalue weighted by Crippen LogP contribution is 2.24. The molecule has 1 aromatic rings. The van der Waals surface area contributed by atoms with Gasteiger partial charge in [-0.1, -0.05) is 25.8 Å². The average Bonchev–Trinajstić information content (AvgIpc) is 2.55. The van der Waals surface area contributed by atoms with Crippen molar-refractivity contribution in [2.75, 3.05) is 13.1 Å². The smallest absolute Gasteiger partial charge is 0.251 e. The van der Waals surface area contributed by atoms with E-state index >= 15 is 0 Å². The van der Waals surface area contributed by atoms with Gasteiger partial charge in [-0.25, -0.2) is 13.1 Å². The SMILES string of the molecule is CCNS(=O)(=O)c1ccc(C)c(C(=O)NC2CCCCC2CN)c1.Cl. The summed E-state index contributed by atoms with van der Waals surface area (Å²) >= 11 is 0. The molecule has 25 heavy (non-hydrogen) atoms. The predicted octanol–water partition coefficient (Wildman–Crippen LogP) is 1.96. The lowest BCUT2D eigenvalue weighted by molar-refractivity contribution is 0.0907. The first-order valence-corrected chi connectivity index (χ1v) is 9.98. The van der Waals surface area contributed by atoms with Gasteiger partial charge in [-0.15, -0.1) is 12.4 Å². The van der Waals surface area contributed by atoms with Gasteiger partial charge in [0, 0.05) is 18.2 Å². The molecule has 1 fully saturated rings. The number of hydrogen-bond donors (Lipinski definition) is 3. The van der Waals surface area contributed by atoms with E-state index in [1.54, 1.807) is 19.9 Å². The van der Waals surface area contributed by atoms with Crippen LogP contribution in [-0.4, -0.2) is 33.5 Å². The molecule has 1 saturated carbocycles. The van der Waals surface area contributed by atoms with Crippen molar-refractivity contribution >= 4 is 28.3 Å². The summed E-state index contributed by atoms with van der Waals surface area (Å²) in [6.45, 7) is 4.38. The lowest BCUT2D eigenvalue weighted by Gasteiger charge is -2.31. The molecule has 8 heteroatoms. The van der Waals surface area contributed by atoms with Gasteiger partial charge in [0.15, 0.2) is 0 Å². The molecule has 0 aliphatic heterocycles. The van der Waals surface area contributed by atoms with Crippen molar-refractivity contribution < 1.29 is 13.2 Å². The summed E-state index contributed by atoms with van der Waals surface area (Å²) in [7, 11) is -3.58. The average molecular weight is 390 g/mol. The van der Waals surface area contributed by atoms with E-state index in [1.807, 2.05) is 0 Å². The molecule has 142 valence electrons. The monoisotopic (exact) mass is 389 g/mol. The van der Waals surface area contributed by atoms with Crippen LogP contribution >= 0.6 is 12.4 Å². The number of sulfonamides is 1. The Labute approximate surface area is 156 Å². The Balaban J connectivity index is 0.00000312. The van der Waals surface area contributed by atoms with E-state index in [1.165, 1.54) is 12.1 Å². The maximum atomic E-state index is 12.7. The quantitative estimate of drug-likeness (QED) is 0.692. The van der Waals surface area contributed by atoms with E-state index in [4.69, 9.17) is 5.73 Å². The van der Waals surface area contributed by atoms with Gasteiger partial charge in [-0.05, 0) is 49.9 Å². The molecule has 2 rings (SSSR count). The number of aryl methyl sites for hydroxylation is 1. The first kappa shape index (κ1) is 21.9. The maximum Gasteiger partial charge on any atom is 0.251 e. The number of amides is 1. The molecule has 0 saturated heterocycles. The van der Waals surface area contributed by atoms with Crippen LogP contribution in [-0.2, 0) is 10.0 Å². The number of nitrogens with one attached hydrogen (secondary N) is 2. The lowest BCUT2D eigenvalue weighted by atomic mass is 9.84. The maximum absolute atomic E-state index is 12.7. The first-order valence-electron chi connectivity index (χ1n) is 8.50. The Morgan fingerprint density at radius 2 is 1.96 bits per heavy atom. The van der Waals surface area contributed by atoms with E-state index in [0.717, 1.165) is 31.2 Å². The zero-order valence-corrected chi connectivity index (χ0v) is 16.4. The highest BCUT2D eigenvalue weighted by Gasteiger charge is 2.26. The van der Waals surface area contributed by atoms with E-state index in [9.17, 15) is 13.2 Å². The zero-order chi connectivity index (χ0) is 17.7. The number of carbonyl (C=O) groups is 1. The fourth-order valence-electron chi connectivity index (χ4n) is 3.21. The van der Waals surface area contributed by atoms with Gasteiger partial charge in [0.1, 0.15) is 0 Å². The highest BCUT2D eigenvalue weighted by molar-refractivity contribution is 7.89. The lowest BCUT2D eigenvalue weighted by Crippen LogP contribution is -2.44. The Kier molecular flexibility index (Phi) is 8.34. The van der Waals surface area contributed by atoms with Gasteiger partial charge in [-0.2, -0.15) is 0 Å².